The van der Waals surface area contributed by atoms with Crippen molar-refractivity contribution in [3.8, 4) is 34.0 Å². The molecule has 0 amide bonds. The summed E-state index contributed by atoms with van der Waals surface area (Å²) in [6.07, 6.45) is -1.98. The fourth-order valence-electron chi connectivity index (χ4n) is 4.07. The fraction of sp³-hybridized carbons (Fsp3) is 0.0400. The molecular formula is C25H17N5O7. The molecule has 0 fully saturated rings. The zero-order valence-electron chi connectivity index (χ0n) is 18.9. The second kappa shape index (κ2) is 9.62. The van der Waals surface area contributed by atoms with E-state index in [0.717, 1.165) is 22.3 Å². The number of H-pyrrole nitrogens is 1. The van der Waals surface area contributed by atoms with E-state index in [0.29, 0.717) is 5.82 Å². The van der Waals surface area contributed by atoms with E-state index in [9.17, 15) is 14.4 Å². The summed E-state index contributed by atoms with van der Waals surface area (Å²) in [4.78, 5) is 35.2. The molecular weight excluding hydrogens is 482 g/mol. The number of ether oxygens (including phenoxy) is 2. The van der Waals surface area contributed by atoms with Crippen LogP contribution < -0.4 is 14.9 Å². The number of hydrogen-bond acceptors (Lipinski definition) is 8. The van der Waals surface area contributed by atoms with Gasteiger partial charge in [0.2, 0.25) is 5.43 Å². The maximum atomic E-state index is 12.8. The summed E-state index contributed by atoms with van der Waals surface area (Å²) >= 11 is 0. The van der Waals surface area contributed by atoms with E-state index in [4.69, 9.17) is 14.9 Å². The van der Waals surface area contributed by atoms with Crippen molar-refractivity contribution >= 4 is 23.2 Å². The predicted octanol–water partition coefficient (Wildman–Crippen LogP) is 4.01. The number of carbonyl (C=O) groups is 2. The van der Waals surface area contributed by atoms with Crippen LogP contribution in [0.15, 0.2) is 77.7 Å². The number of rotatable bonds is 6. The van der Waals surface area contributed by atoms with Gasteiger partial charge in [0.1, 0.15) is 0 Å². The zero-order valence-corrected chi connectivity index (χ0v) is 18.9. The number of aromatic amines is 1. The van der Waals surface area contributed by atoms with E-state index in [-0.39, 0.29) is 23.2 Å². The van der Waals surface area contributed by atoms with E-state index < -0.39 is 23.5 Å². The number of aromatic nitrogens is 5. The average molecular weight is 499 g/mol. The van der Waals surface area contributed by atoms with Crippen molar-refractivity contribution in [1.82, 2.24) is 25.2 Å². The molecule has 37 heavy (non-hydrogen) atoms. The minimum atomic E-state index is -1.65. The first-order chi connectivity index (χ1) is 17.9. The van der Waals surface area contributed by atoms with E-state index in [2.05, 4.69) is 25.4 Å². The molecule has 0 atom stereocenters. The first-order valence-electron chi connectivity index (χ1n) is 10.8. The molecule has 5 aromatic rings. The standard InChI is InChI=1S/C25H17N5O7/c31-22-18-6-3-7-19(36-24(32)33)21(18)30(13-20(22)37-25(34)35)12-14-8-10-15(11-9-14)16-4-1-2-5-17(16)23-26-28-29-27-23/h1-11,13H,12H2,(H,32,33)(H,34,35)(H,26,27,28,29). The SMILES string of the molecule is O=C(O)Oc1cn(Cc2ccc(-c3ccccc3-c3nnn[nH]3)cc2)c2c(OC(=O)O)cccc2c1=O. The number of carboxylic acid groups (broad SMARTS) is 2. The van der Waals surface area contributed by atoms with Gasteiger partial charge >= 0.3 is 12.3 Å². The van der Waals surface area contributed by atoms with Crippen LogP contribution in [0.25, 0.3) is 33.4 Å². The van der Waals surface area contributed by atoms with Gasteiger partial charge in [0.25, 0.3) is 0 Å². The highest BCUT2D eigenvalue weighted by Crippen LogP contribution is 2.31. The molecule has 0 saturated carbocycles. The van der Waals surface area contributed by atoms with Crippen molar-refractivity contribution in [2.75, 3.05) is 0 Å². The second-order valence-corrected chi connectivity index (χ2v) is 7.83. The van der Waals surface area contributed by atoms with Gasteiger partial charge in [-0.15, -0.1) is 5.10 Å². The first kappa shape index (κ1) is 23.2. The molecule has 0 unspecified atom stereocenters. The normalized spacial score (nSPS) is 10.8. The Morgan fingerprint density at radius 1 is 0.865 bits per heavy atom. The molecule has 3 aromatic carbocycles. The Morgan fingerprint density at radius 2 is 1.57 bits per heavy atom. The Kier molecular flexibility index (Phi) is 6.04. The molecule has 12 nitrogen and oxygen atoms in total. The van der Waals surface area contributed by atoms with Gasteiger partial charge in [0, 0.05) is 12.1 Å². The van der Waals surface area contributed by atoms with E-state index in [1.807, 2.05) is 48.5 Å². The van der Waals surface area contributed by atoms with Crippen LogP contribution in [0.3, 0.4) is 0 Å². The number of para-hydroxylation sites is 1. The topological polar surface area (TPSA) is 170 Å². The van der Waals surface area contributed by atoms with Crippen LogP contribution >= 0.6 is 0 Å². The smallest absolute Gasteiger partial charge is 0.449 e. The number of nitrogens with zero attached hydrogens (tertiary/aromatic N) is 4. The highest BCUT2D eigenvalue weighted by Gasteiger charge is 2.18. The summed E-state index contributed by atoms with van der Waals surface area (Å²) < 4.78 is 11.1. The van der Waals surface area contributed by atoms with Crippen molar-refractivity contribution in [2.24, 2.45) is 0 Å². The third kappa shape index (κ3) is 4.71. The predicted molar refractivity (Wildman–Crippen MR) is 130 cm³/mol. The van der Waals surface area contributed by atoms with Crippen LogP contribution in [-0.4, -0.2) is 47.7 Å². The molecule has 0 bridgehead atoms. The van der Waals surface area contributed by atoms with Crippen LogP contribution in [0, 0.1) is 0 Å². The average Bonchev–Trinajstić information content (AvgIpc) is 3.42. The Hall–Kier alpha value is -5.52. The third-order valence-electron chi connectivity index (χ3n) is 5.57. The number of pyridine rings is 1. The highest BCUT2D eigenvalue weighted by atomic mass is 16.7. The highest BCUT2D eigenvalue weighted by molar-refractivity contribution is 5.88. The number of nitrogens with one attached hydrogen (secondary N) is 1. The zero-order chi connectivity index (χ0) is 25.9. The van der Waals surface area contributed by atoms with Crippen LogP contribution in [-0.2, 0) is 6.54 Å². The van der Waals surface area contributed by atoms with E-state index >= 15 is 0 Å². The van der Waals surface area contributed by atoms with Gasteiger partial charge in [0.05, 0.1) is 17.1 Å². The van der Waals surface area contributed by atoms with Crippen molar-refractivity contribution in [3.63, 3.8) is 0 Å². The summed E-state index contributed by atoms with van der Waals surface area (Å²) in [6.45, 7) is 0.153. The Labute approximate surface area is 207 Å². The molecule has 0 saturated heterocycles. The molecule has 0 aliphatic heterocycles. The first-order valence-corrected chi connectivity index (χ1v) is 10.8. The second-order valence-electron chi connectivity index (χ2n) is 7.83. The molecule has 0 aliphatic carbocycles. The largest absolute Gasteiger partial charge is 0.511 e. The minimum absolute atomic E-state index is 0.0451. The van der Waals surface area contributed by atoms with Crippen LogP contribution in [0.5, 0.6) is 11.5 Å². The summed E-state index contributed by atoms with van der Waals surface area (Å²) in [7, 11) is 0. The maximum absolute atomic E-state index is 12.8. The molecule has 5 rings (SSSR count). The molecule has 2 heterocycles. The van der Waals surface area contributed by atoms with E-state index in [1.54, 1.807) is 0 Å². The monoisotopic (exact) mass is 499 g/mol. The van der Waals surface area contributed by atoms with Crippen molar-refractivity contribution in [1.29, 1.82) is 0 Å². The summed E-state index contributed by atoms with van der Waals surface area (Å²) in [5.41, 5.74) is 2.86. The number of hydrogen-bond donors (Lipinski definition) is 3. The number of fused-ring (bicyclic) bond motifs is 1. The van der Waals surface area contributed by atoms with Crippen molar-refractivity contribution in [2.45, 2.75) is 6.54 Å². The van der Waals surface area contributed by atoms with Gasteiger partial charge in [-0.2, -0.15) is 0 Å². The molecule has 0 aliphatic rings. The van der Waals surface area contributed by atoms with Crippen molar-refractivity contribution in [3.05, 3.63) is 88.7 Å². The molecule has 3 N–H and O–H groups in total. The lowest BCUT2D eigenvalue weighted by molar-refractivity contribution is 0.143. The van der Waals surface area contributed by atoms with Gasteiger partial charge in [-0.25, -0.2) is 14.7 Å². The van der Waals surface area contributed by atoms with Gasteiger partial charge in [-0.05, 0) is 39.2 Å². The van der Waals surface area contributed by atoms with Gasteiger partial charge in [-0.1, -0.05) is 54.6 Å². The lowest BCUT2D eigenvalue weighted by atomic mass is 9.98. The quantitative estimate of drug-likeness (QED) is 0.229. The van der Waals surface area contributed by atoms with Crippen molar-refractivity contribution < 1.29 is 29.3 Å². The van der Waals surface area contributed by atoms with Gasteiger partial charge in [0.15, 0.2) is 17.3 Å². The lowest BCUT2D eigenvalue weighted by Crippen LogP contribution is -2.17. The Balaban J connectivity index is 1.56. The molecule has 2 aromatic heterocycles. The van der Waals surface area contributed by atoms with Gasteiger partial charge < -0.3 is 24.3 Å². The summed E-state index contributed by atoms with van der Waals surface area (Å²) in [5.74, 6) is 0.0326. The van der Waals surface area contributed by atoms with E-state index in [1.165, 1.54) is 29.0 Å². The fourth-order valence-corrected chi connectivity index (χ4v) is 4.07. The third-order valence-corrected chi connectivity index (χ3v) is 5.57. The van der Waals surface area contributed by atoms with Gasteiger partial charge in [-0.3, -0.25) is 4.79 Å². The number of tetrazole rings is 1. The Morgan fingerprint density at radius 3 is 2.24 bits per heavy atom. The summed E-state index contributed by atoms with van der Waals surface area (Å²) in [6, 6.07) is 19.4. The van der Waals surface area contributed by atoms with Crippen LogP contribution in [0.4, 0.5) is 9.59 Å². The molecule has 12 heteroatoms. The number of benzene rings is 3. The maximum Gasteiger partial charge on any atom is 0.511 e. The van der Waals surface area contributed by atoms with Crippen LogP contribution in [0.1, 0.15) is 5.56 Å². The summed E-state index contributed by atoms with van der Waals surface area (Å²) in [5, 5.41) is 32.3. The lowest BCUT2D eigenvalue weighted by Gasteiger charge is -2.16. The minimum Gasteiger partial charge on any atom is -0.449 e. The molecule has 0 radical (unpaired) electrons. The molecule has 184 valence electrons. The Bertz CT molecular complexity index is 1680. The molecule has 0 spiro atoms. The van der Waals surface area contributed by atoms with Crippen LogP contribution in [0.2, 0.25) is 0 Å².